The predicted octanol–water partition coefficient (Wildman–Crippen LogP) is 2.96. The van der Waals surface area contributed by atoms with Gasteiger partial charge in [0.05, 0.1) is 7.11 Å². The van der Waals surface area contributed by atoms with Crippen molar-refractivity contribution in [2.45, 2.75) is 25.9 Å². The van der Waals surface area contributed by atoms with E-state index in [1.807, 2.05) is 36.4 Å². The van der Waals surface area contributed by atoms with E-state index in [0.717, 1.165) is 35.6 Å². The summed E-state index contributed by atoms with van der Waals surface area (Å²) < 4.78 is 11.2. The molecule has 0 spiro atoms. The fourth-order valence-corrected chi connectivity index (χ4v) is 2.94. The summed E-state index contributed by atoms with van der Waals surface area (Å²) in [4.78, 5) is 11.6. The van der Waals surface area contributed by atoms with E-state index in [1.165, 1.54) is 5.56 Å². The maximum atomic E-state index is 11.6. The number of halogens is 1. The molecule has 1 aliphatic heterocycles. The van der Waals surface area contributed by atoms with E-state index >= 15 is 0 Å². The summed E-state index contributed by atoms with van der Waals surface area (Å²) in [5.41, 5.74) is 2.94. The topological polar surface area (TPSA) is 59.6 Å². The fraction of sp³-hybridized carbons (Fsp3) is 0.350. The summed E-state index contributed by atoms with van der Waals surface area (Å²) in [6.45, 7) is 4.11. The van der Waals surface area contributed by atoms with Gasteiger partial charge in [0.25, 0.3) is 5.91 Å². The minimum atomic E-state index is -0.00655. The molecular formula is C20H25ClN2O3. The first-order chi connectivity index (χ1) is 12.2. The number of hydrogen-bond donors (Lipinski definition) is 2. The number of nitrogens with one attached hydrogen (secondary N) is 2. The third-order valence-electron chi connectivity index (χ3n) is 4.34. The first-order valence-electron chi connectivity index (χ1n) is 8.56. The zero-order valence-corrected chi connectivity index (χ0v) is 15.9. The number of ether oxygens (including phenoxy) is 2. The maximum absolute atomic E-state index is 11.6. The number of methoxy groups -OCH3 is 1. The molecule has 0 aliphatic carbocycles. The number of amides is 1. The van der Waals surface area contributed by atoms with Crippen molar-refractivity contribution in [3.63, 3.8) is 0 Å². The van der Waals surface area contributed by atoms with Crippen LogP contribution in [0.1, 0.15) is 28.4 Å². The van der Waals surface area contributed by atoms with Crippen LogP contribution in [0.25, 0.3) is 0 Å². The average Bonchev–Trinajstić information content (AvgIpc) is 3.01. The molecular weight excluding hydrogens is 352 g/mol. The SMILES string of the molecule is COc1ccccc1CCNC(C)COc1ccc2c(c1)CNC2=O.Cl. The number of carbonyl (C=O) groups is 1. The molecule has 0 fully saturated rings. The van der Waals surface area contributed by atoms with Gasteiger partial charge in [-0.3, -0.25) is 4.79 Å². The average molecular weight is 377 g/mol. The van der Waals surface area contributed by atoms with Crippen LogP contribution in [0.15, 0.2) is 42.5 Å². The largest absolute Gasteiger partial charge is 0.496 e. The smallest absolute Gasteiger partial charge is 0.251 e. The quantitative estimate of drug-likeness (QED) is 0.743. The molecule has 1 unspecified atom stereocenters. The molecule has 0 aromatic heterocycles. The van der Waals surface area contributed by atoms with Gasteiger partial charge in [0.2, 0.25) is 0 Å². The highest BCUT2D eigenvalue weighted by atomic mass is 35.5. The van der Waals surface area contributed by atoms with Crippen LogP contribution in [0.5, 0.6) is 11.5 Å². The Morgan fingerprint density at radius 2 is 2.04 bits per heavy atom. The van der Waals surface area contributed by atoms with Crippen LogP contribution in [0.4, 0.5) is 0 Å². The Labute approximate surface area is 160 Å². The van der Waals surface area contributed by atoms with Gasteiger partial charge in [0.15, 0.2) is 0 Å². The van der Waals surface area contributed by atoms with Crippen LogP contribution in [0, 0.1) is 0 Å². The van der Waals surface area contributed by atoms with Crippen molar-refractivity contribution in [1.29, 1.82) is 0 Å². The Bertz CT molecular complexity index is 752. The molecule has 0 bridgehead atoms. The van der Waals surface area contributed by atoms with Gasteiger partial charge < -0.3 is 20.1 Å². The lowest BCUT2D eigenvalue weighted by Gasteiger charge is -2.16. The monoisotopic (exact) mass is 376 g/mol. The second-order valence-electron chi connectivity index (χ2n) is 6.23. The lowest BCUT2D eigenvalue weighted by Crippen LogP contribution is -2.33. The summed E-state index contributed by atoms with van der Waals surface area (Å²) in [6, 6.07) is 13.9. The van der Waals surface area contributed by atoms with Crippen molar-refractivity contribution in [1.82, 2.24) is 10.6 Å². The summed E-state index contributed by atoms with van der Waals surface area (Å²) in [5.74, 6) is 1.72. The fourth-order valence-electron chi connectivity index (χ4n) is 2.94. The second-order valence-corrected chi connectivity index (χ2v) is 6.23. The van der Waals surface area contributed by atoms with Crippen molar-refractivity contribution in [3.05, 3.63) is 59.2 Å². The van der Waals surface area contributed by atoms with Crippen LogP contribution in [-0.2, 0) is 13.0 Å². The first-order valence-corrected chi connectivity index (χ1v) is 8.56. The van der Waals surface area contributed by atoms with Gasteiger partial charge in [-0.2, -0.15) is 0 Å². The minimum absolute atomic E-state index is 0. The normalized spacial score (nSPS) is 13.4. The van der Waals surface area contributed by atoms with E-state index in [4.69, 9.17) is 9.47 Å². The number of benzene rings is 2. The molecule has 1 atom stereocenters. The summed E-state index contributed by atoms with van der Waals surface area (Å²) >= 11 is 0. The van der Waals surface area contributed by atoms with Crippen molar-refractivity contribution >= 4 is 18.3 Å². The number of hydrogen-bond acceptors (Lipinski definition) is 4. The molecule has 6 heteroatoms. The molecule has 1 aliphatic rings. The number of para-hydroxylation sites is 1. The Morgan fingerprint density at radius 3 is 2.85 bits per heavy atom. The lowest BCUT2D eigenvalue weighted by atomic mass is 10.1. The van der Waals surface area contributed by atoms with E-state index < -0.39 is 0 Å². The number of rotatable bonds is 8. The van der Waals surface area contributed by atoms with Gasteiger partial charge in [0, 0.05) is 18.2 Å². The van der Waals surface area contributed by atoms with Gasteiger partial charge >= 0.3 is 0 Å². The molecule has 3 rings (SSSR count). The Morgan fingerprint density at radius 1 is 1.23 bits per heavy atom. The predicted molar refractivity (Wildman–Crippen MR) is 105 cm³/mol. The molecule has 1 amide bonds. The van der Waals surface area contributed by atoms with Crippen molar-refractivity contribution in [3.8, 4) is 11.5 Å². The molecule has 2 aromatic carbocycles. The first kappa shape index (κ1) is 20.1. The van der Waals surface area contributed by atoms with Crippen LogP contribution < -0.4 is 20.1 Å². The zero-order chi connectivity index (χ0) is 17.6. The Balaban J connectivity index is 0.00000243. The standard InChI is InChI=1S/C20H24N2O3.ClH/c1-14(21-10-9-15-5-3-4-6-19(15)24-2)13-25-17-7-8-18-16(11-17)12-22-20(18)23;/h3-8,11,14,21H,9-10,12-13H2,1-2H3,(H,22,23);1H. The molecule has 0 saturated heterocycles. The van der Waals surface area contributed by atoms with E-state index in [1.54, 1.807) is 7.11 Å². The van der Waals surface area contributed by atoms with E-state index in [-0.39, 0.29) is 24.4 Å². The molecule has 0 radical (unpaired) electrons. The van der Waals surface area contributed by atoms with E-state index in [9.17, 15) is 4.79 Å². The van der Waals surface area contributed by atoms with Gasteiger partial charge in [-0.1, -0.05) is 18.2 Å². The lowest BCUT2D eigenvalue weighted by molar-refractivity contribution is 0.0966. The van der Waals surface area contributed by atoms with Gasteiger partial charge in [-0.05, 0) is 55.3 Å². The number of fused-ring (bicyclic) bond motifs is 1. The van der Waals surface area contributed by atoms with Gasteiger partial charge in [-0.25, -0.2) is 0 Å². The van der Waals surface area contributed by atoms with E-state index in [2.05, 4.69) is 23.6 Å². The Hall–Kier alpha value is -2.24. The highest BCUT2D eigenvalue weighted by molar-refractivity contribution is 5.98. The van der Waals surface area contributed by atoms with Gasteiger partial charge in [0.1, 0.15) is 18.1 Å². The highest BCUT2D eigenvalue weighted by Crippen LogP contribution is 2.22. The summed E-state index contributed by atoms with van der Waals surface area (Å²) in [7, 11) is 1.70. The third-order valence-corrected chi connectivity index (χ3v) is 4.34. The Kier molecular flexibility index (Phi) is 7.30. The minimum Gasteiger partial charge on any atom is -0.496 e. The van der Waals surface area contributed by atoms with Crippen molar-refractivity contribution in [2.75, 3.05) is 20.3 Å². The zero-order valence-electron chi connectivity index (χ0n) is 15.1. The van der Waals surface area contributed by atoms with Crippen molar-refractivity contribution < 1.29 is 14.3 Å². The molecule has 26 heavy (non-hydrogen) atoms. The van der Waals surface area contributed by atoms with Crippen LogP contribution >= 0.6 is 12.4 Å². The summed E-state index contributed by atoms with van der Waals surface area (Å²) in [5, 5.41) is 6.28. The maximum Gasteiger partial charge on any atom is 0.251 e. The molecule has 2 aromatic rings. The molecule has 0 saturated carbocycles. The molecule has 5 nitrogen and oxygen atoms in total. The second kappa shape index (κ2) is 9.46. The molecule has 2 N–H and O–H groups in total. The number of carbonyl (C=O) groups excluding carboxylic acids is 1. The van der Waals surface area contributed by atoms with Crippen LogP contribution in [0.2, 0.25) is 0 Å². The molecule has 1 heterocycles. The van der Waals surface area contributed by atoms with Crippen molar-refractivity contribution in [2.24, 2.45) is 0 Å². The molecule has 140 valence electrons. The third kappa shape index (κ3) is 4.90. The highest BCUT2D eigenvalue weighted by Gasteiger charge is 2.18. The van der Waals surface area contributed by atoms with Crippen LogP contribution in [-0.4, -0.2) is 32.2 Å². The summed E-state index contributed by atoms with van der Waals surface area (Å²) in [6.07, 6.45) is 0.904. The van der Waals surface area contributed by atoms with E-state index in [0.29, 0.717) is 13.2 Å². The van der Waals surface area contributed by atoms with Crippen LogP contribution in [0.3, 0.4) is 0 Å². The van der Waals surface area contributed by atoms with Gasteiger partial charge in [-0.15, -0.1) is 12.4 Å².